The minimum atomic E-state index is -4.12. The van der Waals surface area contributed by atoms with Gasteiger partial charge < -0.3 is 5.32 Å². The van der Waals surface area contributed by atoms with Gasteiger partial charge in [0.15, 0.2) is 0 Å². The Balaban J connectivity index is 2.74. The van der Waals surface area contributed by atoms with Gasteiger partial charge >= 0.3 is 6.18 Å². The molecule has 1 N–H and O–H groups in total. The van der Waals surface area contributed by atoms with Gasteiger partial charge in [0.05, 0.1) is 12.5 Å². The van der Waals surface area contributed by atoms with Gasteiger partial charge in [0.2, 0.25) is 0 Å². The maximum atomic E-state index is 12.5. The lowest BCUT2D eigenvalue weighted by atomic mass is 10.1. The van der Waals surface area contributed by atoms with Gasteiger partial charge in [0.25, 0.3) is 0 Å². The summed E-state index contributed by atoms with van der Waals surface area (Å²) in [5.41, 5.74) is 0. The number of thiophene rings is 1. The van der Waals surface area contributed by atoms with Crippen molar-refractivity contribution in [3.63, 3.8) is 0 Å². The molecule has 1 nitrogen and oxygen atoms in total. The zero-order chi connectivity index (χ0) is 12.9. The minimum absolute atomic E-state index is 0.597. The summed E-state index contributed by atoms with van der Waals surface area (Å²) in [6.07, 6.45) is -3.21. The summed E-state index contributed by atoms with van der Waals surface area (Å²) in [4.78, 5) is 1.91. The highest BCUT2D eigenvalue weighted by molar-refractivity contribution is 7.12. The van der Waals surface area contributed by atoms with Crippen LogP contribution in [0.15, 0.2) is 12.1 Å². The summed E-state index contributed by atoms with van der Waals surface area (Å²) in [6, 6.07) is 3.12. The van der Waals surface area contributed by atoms with Crippen LogP contribution in [0.25, 0.3) is 0 Å². The van der Waals surface area contributed by atoms with E-state index in [0.717, 1.165) is 22.6 Å². The molecule has 0 aliphatic heterocycles. The average Bonchev–Trinajstić information content (AvgIpc) is 2.71. The number of hydrogen-bond donors (Lipinski definition) is 1. The fourth-order valence-corrected chi connectivity index (χ4v) is 2.62. The van der Waals surface area contributed by atoms with Crippen molar-refractivity contribution in [3.8, 4) is 0 Å². The zero-order valence-corrected chi connectivity index (χ0v) is 10.9. The van der Waals surface area contributed by atoms with Gasteiger partial charge in [-0.15, -0.1) is 11.3 Å². The van der Waals surface area contributed by atoms with Crippen LogP contribution in [-0.2, 0) is 6.42 Å². The van der Waals surface area contributed by atoms with E-state index in [4.69, 9.17) is 0 Å². The predicted molar refractivity (Wildman–Crippen MR) is 65.4 cm³/mol. The third kappa shape index (κ3) is 5.08. The maximum absolute atomic E-state index is 12.5. The Labute approximate surface area is 104 Å². The number of rotatable bonds is 6. The van der Waals surface area contributed by atoms with E-state index in [-0.39, 0.29) is 0 Å². The molecule has 0 radical (unpaired) electrons. The smallest absolute Gasteiger partial charge is 0.309 e. The summed E-state index contributed by atoms with van der Waals surface area (Å²) in [5, 5.41) is 2.97. The number of nitrogens with one attached hydrogen (secondary N) is 1. The molecular weight excluding hydrogens is 247 g/mol. The summed E-state index contributed by atoms with van der Waals surface area (Å²) >= 11 is 1.47. The molecule has 98 valence electrons. The van der Waals surface area contributed by atoms with Crippen molar-refractivity contribution >= 4 is 11.3 Å². The molecule has 1 rings (SSSR count). The van der Waals surface area contributed by atoms with Crippen molar-refractivity contribution in [3.05, 3.63) is 21.9 Å². The van der Waals surface area contributed by atoms with Crippen molar-refractivity contribution < 1.29 is 13.2 Å². The van der Waals surface area contributed by atoms with Crippen LogP contribution in [0, 0.1) is 0 Å². The number of aryl methyl sites for hydroxylation is 1. The monoisotopic (exact) mass is 265 g/mol. The van der Waals surface area contributed by atoms with Crippen molar-refractivity contribution in [2.24, 2.45) is 0 Å². The fourth-order valence-electron chi connectivity index (χ4n) is 1.60. The molecule has 1 unspecified atom stereocenters. The normalized spacial score (nSPS) is 13.9. The van der Waals surface area contributed by atoms with Crippen LogP contribution < -0.4 is 5.32 Å². The van der Waals surface area contributed by atoms with E-state index >= 15 is 0 Å². The first-order valence-electron chi connectivity index (χ1n) is 5.85. The predicted octanol–water partition coefficient (Wildman–Crippen LogP) is 4.30. The van der Waals surface area contributed by atoms with E-state index in [1.165, 1.54) is 11.3 Å². The molecule has 0 aromatic carbocycles. The van der Waals surface area contributed by atoms with Crippen LogP contribution in [0.4, 0.5) is 13.2 Å². The molecule has 0 bridgehead atoms. The first kappa shape index (κ1) is 14.5. The zero-order valence-electron chi connectivity index (χ0n) is 10.1. The van der Waals surface area contributed by atoms with Crippen molar-refractivity contribution in [2.75, 3.05) is 6.54 Å². The van der Waals surface area contributed by atoms with Crippen LogP contribution in [0.1, 0.15) is 42.5 Å². The Morgan fingerprint density at radius 1 is 1.29 bits per heavy atom. The van der Waals surface area contributed by atoms with Gasteiger partial charge in [-0.2, -0.15) is 13.2 Å². The SMILES string of the molecule is CCCNC(CC(F)(F)F)c1ccc(CC)s1. The van der Waals surface area contributed by atoms with Crippen molar-refractivity contribution in [2.45, 2.75) is 45.3 Å². The van der Waals surface area contributed by atoms with Gasteiger partial charge in [-0.05, 0) is 31.5 Å². The largest absolute Gasteiger partial charge is 0.390 e. The van der Waals surface area contributed by atoms with Crippen LogP contribution in [0.2, 0.25) is 0 Å². The van der Waals surface area contributed by atoms with Gasteiger partial charge in [0, 0.05) is 9.75 Å². The molecule has 5 heteroatoms. The molecule has 1 atom stereocenters. The number of hydrogen-bond acceptors (Lipinski definition) is 2. The van der Waals surface area contributed by atoms with Crippen LogP contribution in [0.5, 0.6) is 0 Å². The molecule has 0 aliphatic carbocycles. The quantitative estimate of drug-likeness (QED) is 0.808. The van der Waals surface area contributed by atoms with E-state index in [0.29, 0.717) is 6.54 Å². The van der Waals surface area contributed by atoms with E-state index in [1.54, 1.807) is 0 Å². The molecule has 0 saturated heterocycles. The lowest BCUT2D eigenvalue weighted by molar-refractivity contribution is -0.140. The summed E-state index contributed by atoms with van der Waals surface area (Å²) < 4.78 is 37.4. The molecule has 0 aliphatic rings. The highest BCUT2D eigenvalue weighted by atomic mass is 32.1. The Kier molecular flexibility index (Phi) is 5.46. The third-order valence-corrected chi connectivity index (χ3v) is 3.79. The molecule has 17 heavy (non-hydrogen) atoms. The average molecular weight is 265 g/mol. The molecule has 0 saturated carbocycles. The molecular formula is C12H18F3NS. The molecule has 0 amide bonds. The molecule has 0 fully saturated rings. The van der Waals surface area contributed by atoms with Gasteiger partial charge in [-0.25, -0.2) is 0 Å². The molecule has 0 spiro atoms. The standard InChI is InChI=1S/C12H18F3NS/c1-3-7-16-10(8-12(13,14)15)11-6-5-9(4-2)17-11/h5-6,10,16H,3-4,7-8H2,1-2H3. The lowest BCUT2D eigenvalue weighted by Gasteiger charge is -2.18. The van der Waals surface area contributed by atoms with Gasteiger partial charge in [-0.3, -0.25) is 0 Å². The van der Waals surface area contributed by atoms with Crippen LogP contribution in [0.3, 0.4) is 0 Å². The minimum Gasteiger partial charge on any atom is -0.309 e. The second kappa shape index (κ2) is 6.40. The Morgan fingerprint density at radius 3 is 2.47 bits per heavy atom. The number of halogens is 3. The van der Waals surface area contributed by atoms with Crippen LogP contribution in [-0.4, -0.2) is 12.7 Å². The molecule has 1 heterocycles. The Bertz CT molecular complexity index is 333. The van der Waals surface area contributed by atoms with Crippen molar-refractivity contribution in [1.82, 2.24) is 5.32 Å². The second-order valence-corrected chi connectivity index (χ2v) is 5.18. The van der Waals surface area contributed by atoms with Crippen LogP contribution >= 0.6 is 11.3 Å². The highest BCUT2D eigenvalue weighted by Gasteiger charge is 2.32. The fraction of sp³-hybridized carbons (Fsp3) is 0.667. The summed E-state index contributed by atoms with van der Waals surface area (Å²) in [5.74, 6) is 0. The third-order valence-electron chi connectivity index (χ3n) is 2.45. The Morgan fingerprint density at radius 2 is 2.00 bits per heavy atom. The topological polar surface area (TPSA) is 12.0 Å². The van der Waals surface area contributed by atoms with Crippen molar-refractivity contribution in [1.29, 1.82) is 0 Å². The molecule has 1 aromatic heterocycles. The first-order chi connectivity index (χ1) is 7.96. The maximum Gasteiger partial charge on any atom is 0.390 e. The van der Waals surface area contributed by atoms with E-state index < -0.39 is 18.6 Å². The lowest BCUT2D eigenvalue weighted by Crippen LogP contribution is -2.26. The first-order valence-corrected chi connectivity index (χ1v) is 6.66. The highest BCUT2D eigenvalue weighted by Crippen LogP contribution is 2.33. The Hall–Kier alpha value is -0.550. The summed E-state index contributed by atoms with van der Waals surface area (Å²) in [7, 11) is 0. The summed E-state index contributed by atoms with van der Waals surface area (Å²) in [6.45, 7) is 4.57. The number of alkyl halides is 3. The second-order valence-electron chi connectivity index (χ2n) is 3.98. The van der Waals surface area contributed by atoms with Gasteiger partial charge in [-0.1, -0.05) is 13.8 Å². The molecule has 1 aromatic rings. The van der Waals surface area contributed by atoms with Gasteiger partial charge in [0.1, 0.15) is 0 Å². The van der Waals surface area contributed by atoms with E-state index in [2.05, 4.69) is 5.32 Å². The van der Waals surface area contributed by atoms with E-state index in [9.17, 15) is 13.2 Å². The van der Waals surface area contributed by atoms with E-state index in [1.807, 2.05) is 26.0 Å².